The Hall–Kier alpha value is -0.420. The average molecular weight is 274 g/mol. The van der Waals surface area contributed by atoms with E-state index in [2.05, 4.69) is 27.3 Å². The first-order chi connectivity index (χ1) is 7.24. The smallest absolute Gasteiger partial charge is 0.0894 e. The lowest BCUT2D eigenvalue weighted by atomic mass is 10.1. The Kier molecular flexibility index (Phi) is 5.86. The number of aliphatic hydroxyl groups is 2. The highest BCUT2D eigenvalue weighted by Crippen LogP contribution is 2.15. The van der Waals surface area contributed by atoms with Gasteiger partial charge in [0.15, 0.2) is 0 Å². The Morgan fingerprint density at radius 2 is 2.07 bits per heavy atom. The SMILES string of the molecule is OCC(O)CNCCc1ccccc1Br. The van der Waals surface area contributed by atoms with Crippen molar-refractivity contribution in [1.29, 1.82) is 0 Å². The number of halogens is 1. The lowest BCUT2D eigenvalue weighted by Crippen LogP contribution is -2.30. The summed E-state index contributed by atoms with van der Waals surface area (Å²) >= 11 is 3.47. The average Bonchev–Trinajstić information content (AvgIpc) is 2.26. The van der Waals surface area contributed by atoms with Gasteiger partial charge in [-0.1, -0.05) is 34.1 Å². The van der Waals surface area contributed by atoms with E-state index in [4.69, 9.17) is 10.2 Å². The fourth-order valence-corrected chi connectivity index (χ4v) is 1.74. The molecule has 84 valence electrons. The second kappa shape index (κ2) is 6.95. The minimum atomic E-state index is -0.663. The number of aliphatic hydroxyl groups excluding tert-OH is 2. The van der Waals surface area contributed by atoms with Crippen LogP contribution in [0.5, 0.6) is 0 Å². The van der Waals surface area contributed by atoms with Crippen LogP contribution >= 0.6 is 15.9 Å². The van der Waals surface area contributed by atoms with E-state index in [1.807, 2.05) is 18.2 Å². The van der Waals surface area contributed by atoms with Gasteiger partial charge in [-0.05, 0) is 24.6 Å². The van der Waals surface area contributed by atoms with Gasteiger partial charge in [-0.15, -0.1) is 0 Å². The zero-order valence-corrected chi connectivity index (χ0v) is 10.1. The molecule has 1 aromatic carbocycles. The molecular formula is C11H16BrNO2. The van der Waals surface area contributed by atoms with E-state index in [-0.39, 0.29) is 6.61 Å². The predicted octanol–water partition coefficient (Wildman–Crippen LogP) is 0.934. The standard InChI is InChI=1S/C11H16BrNO2/c12-11-4-2-1-3-9(11)5-6-13-7-10(15)8-14/h1-4,10,13-15H,5-8H2. The van der Waals surface area contributed by atoms with E-state index < -0.39 is 6.10 Å². The predicted molar refractivity (Wildman–Crippen MR) is 63.8 cm³/mol. The Morgan fingerprint density at radius 3 is 2.73 bits per heavy atom. The quantitative estimate of drug-likeness (QED) is 0.677. The summed E-state index contributed by atoms with van der Waals surface area (Å²) in [7, 11) is 0. The molecule has 3 nitrogen and oxygen atoms in total. The summed E-state index contributed by atoms with van der Waals surface area (Å²) in [5, 5.41) is 20.8. The van der Waals surface area contributed by atoms with Crippen molar-refractivity contribution in [3.8, 4) is 0 Å². The first-order valence-corrected chi connectivity index (χ1v) is 5.76. The van der Waals surface area contributed by atoms with Crippen molar-refractivity contribution in [2.45, 2.75) is 12.5 Å². The molecule has 1 atom stereocenters. The molecule has 0 aromatic heterocycles. The van der Waals surface area contributed by atoms with Crippen LogP contribution < -0.4 is 5.32 Å². The lowest BCUT2D eigenvalue weighted by molar-refractivity contribution is 0.0947. The fraction of sp³-hybridized carbons (Fsp3) is 0.455. The summed E-state index contributed by atoms with van der Waals surface area (Å²) in [6, 6.07) is 8.06. The molecule has 1 aromatic rings. The van der Waals surface area contributed by atoms with E-state index in [0.717, 1.165) is 17.4 Å². The second-order valence-corrected chi connectivity index (χ2v) is 4.24. The molecule has 0 amide bonds. The highest BCUT2D eigenvalue weighted by molar-refractivity contribution is 9.10. The van der Waals surface area contributed by atoms with Gasteiger partial charge in [-0.2, -0.15) is 0 Å². The molecular weight excluding hydrogens is 258 g/mol. The molecule has 4 heteroatoms. The van der Waals surface area contributed by atoms with Gasteiger partial charge in [0.25, 0.3) is 0 Å². The van der Waals surface area contributed by atoms with Crippen molar-refractivity contribution in [2.24, 2.45) is 0 Å². The molecule has 0 spiro atoms. The van der Waals surface area contributed by atoms with E-state index >= 15 is 0 Å². The van der Waals surface area contributed by atoms with Crippen LogP contribution in [0.4, 0.5) is 0 Å². The normalized spacial score (nSPS) is 12.7. The molecule has 1 unspecified atom stereocenters. The fourth-order valence-electron chi connectivity index (χ4n) is 1.26. The lowest BCUT2D eigenvalue weighted by Gasteiger charge is -2.09. The molecule has 0 fully saturated rings. The number of benzene rings is 1. The third-order valence-electron chi connectivity index (χ3n) is 2.12. The molecule has 0 heterocycles. The van der Waals surface area contributed by atoms with Crippen molar-refractivity contribution < 1.29 is 10.2 Å². The second-order valence-electron chi connectivity index (χ2n) is 3.38. The molecule has 3 N–H and O–H groups in total. The van der Waals surface area contributed by atoms with Crippen LogP contribution in [-0.4, -0.2) is 36.0 Å². The summed E-state index contributed by atoms with van der Waals surface area (Å²) in [5.41, 5.74) is 1.24. The van der Waals surface area contributed by atoms with Gasteiger partial charge >= 0.3 is 0 Å². The minimum absolute atomic E-state index is 0.192. The molecule has 1 rings (SSSR count). The minimum Gasteiger partial charge on any atom is -0.394 e. The van der Waals surface area contributed by atoms with Crippen molar-refractivity contribution in [3.63, 3.8) is 0 Å². The van der Waals surface area contributed by atoms with Crippen LogP contribution in [0, 0.1) is 0 Å². The van der Waals surface area contributed by atoms with Crippen molar-refractivity contribution in [2.75, 3.05) is 19.7 Å². The topological polar surface area (TPSA) is 52.5 Å². The highest BCUT2D eigenvalue weighted by atomic mass is 79.9. The van der Waals surface area contributed by atoms with Gasteiger partial charge in [-0.25, -0.2) is 0 Å². The van der Waals surface area contributed by atoms with Crippen LogP contribution in [0.15, 0.2) is 28.7 Å². The zero-order valence-electron chi connectivity index (χ0n) is 8.49. The van der Waals surface area contributed by atoms with Gasteiger partial charge in [0.1, 0.15) is 0 Å². The van der Waals surface area contributed by atoms with Gasteiger partial charge < -0.3 is 15.5 Å². The van der Waals surface area contributed by atoms with Gasteiger partial charge in [0, 0.05) is 11.0 Å². The molecule has 15 heavy (non-hydrogen) atoms. The molecule has 0 aliphatic carbocycles. The van der Waals surface area contributed by atoms with Gasteiger partial charge in [0.05, 0.1) is 12.7 Å². The Morgan fingerprint density at radius 1 is 1.33 bits per heavy atom. The molecule has 0 bridgehead atoms. The number of nitrogens with one attached hydrogen (secondary N) is 1. The summed E-state index contributed by atoms with van der Waals surface area (Å²) in [6.45, 7) is 1.03. The maximum absolute atomic E-state index is 9.09. The molecule has 0 saturated heterocycles. The Bertz CT molecular complexity index is 294. The summed E-state index contributed by atoms with van der Waals surface area (Å²) in [6.07, 6.45) is 0.240. The maximum atomic E-state index is 9.09. The molecule has 0 radical (unpaired) electrons. The molecule has 0 saturated carbocycles. The number of hydrogen-bond donors (Lipinski definition) is 3. The van der Waals surface area contributed by atoms with E-state index in [9.17, 15) is 0 Å². The van der Waals surface area contributed by atoms with Crippen LogP contribution in [0.3, 0.4) is 0 Å². The third-order valence-corrected chi connectivity index (χ3v) is 2.89. The highest BCUT2D eigenvalue weighted by Gasteiger charge is 2.01. The van der Waals surface area contributed by atoms with Crippen LogP contribution in [0.1, 0.15) is 5.56 Å². The maximum Gasteiger partial charge on any atom is 0.0894 e. The van der Waals surface area contributed by atoms with E-state index in [0.29, 0.717) is 6.54 Å². The largest absolute Gasteiger partial charge is 0.394 e. The monoisotopic (exact) mass is 273 g/mol. The van der Waals surface area contributed by atoms with E-state index in [1.165, 1.54) is 5.56 Å². The van der Waals surface area contributed by atoms with E-state index in [1.54, 1.807) is 0 Å². The Balaban J connectivity index is 2.23. The third kappa shape index (κ3) is 4.75. The van der Waals surface area contributed by atoms with Gasteiger partial charge in [0.2, 0.25) is 0 Å². The summed E-state index contributed by atoms with van der Waals surface area (Å²) < 4.78 is 1.11. The first kappa shape index (κ1) is 12.6. The number of hydrogen-bond acceptors (Lipinski definition) is 3. The molecule has 0 aliphatic rings. The van der Waals surface area contributed by atoms with Crippen molar-refractivity contribution in [3.05, 3.63) is 34.3 Å². The van der Waals surface area contributed by atoms with Crippen LogP contribution in [-0.2, 0) is 6.42 Å². The van der Waals surface area contributed by atoms with Crippen LogP contribution in [0.2, 0.25) is 0 Å². The van der Waals surface area contributed by atoms with Crippen molar-refractivity contribution in [1.82, 2.24) is 5.32 Å². The summed E-state index contributed by atoms with van der Waals surface area (Å²) in [4.78, 5) is 0. The zero-order chi connectivity index (χ0) is 11.1. The van der Waals surface area contributed by atoms with Crippen molar-refractivity contribution >= 4 is 15.9 Å². The Labute approximate surface area is 98.3 Å². The first-order valence-electron chi connectivity index (χ1n) is 4.97. The summed E-state index contributed by atoms with van der Waals surface area (Å²) in [5.74, 6) is 0. The van der Waals surface area contributed by atoms with Gasteiger partial charge in [-0.3, -0.25) is 0 Å². The van der Waals surface area contributed by atoms with Crippen LogP contribution in [0.25, 0.3) is 0 Å². The number of rotatable bonds is 6. The molecule has 0 aliphatic heterocycles.